The Kier molecular flexibility index (Phi) is 6.15. The Bertz CT molecular complexity index is 2780. The van der Waals surface area contributed by atoms with Crippen molar-refractivity contribution in [1.29, 1.82) is 0 Å². The third kappa shape index (κ3) is 4.42. The van der Waals surface area contributed by atoms with Crippen LogP contribution in [0.1, 0.15) is 0 Å². The fraction of sp³-hybridized carbons (Fsp3) is 0. The number of rotatable bonds is 4. The van der Waals surface area contributed by atoms with Crippen LogP contribution in [0.25, 0.3) is 94.0 Å². The molecule has 0 spiro atoms. The molecule has 0 saturated carbocycles. The van der Waals surface area contributed by atoms with Gasteiger partial charge in [-0.2, -0.15) is 0 Å². The molecule has 3 heterocycles. The Balaban J connectivity index is 1.19. The number of hydrogen-bond acceptors (Lipinski definition) is 3. The zero-order chi connectivity index (χ0) is 32.3. The summed E-state index contributed by atoms with van der Waals surface area (Å²) in [4.78, 5) is 15.5. The van der Waals surface area contributed by atoms with Gasteiger partial charge in [-0.1, -0.05) is 133 Å². The second-order valence-electron chi connectivity index (χ2n) is 12.4. The first kappa shape index (κ1) is 27.5. The standard InChI is InChI=1S/C45H28N4/c1-3-14-31(15-4-1)44-36-28-33(22-25-38(36)47-45(48-44)32-16-5-2-6-17-32)37-20-11-21-41(46-37)49-39-26-23-29-12-7-9-18-34(29)42(39)43-35-19-10-8-13-30(35)24-27-40(43)49/h1-28H. The van der Waals surface area contributed by atoms with Crippen molar-refractivity contribution >= 4 is 54.3 Å². The summed E-state index contributed by atoms with van der Waals surface area (Å²) < 4.78 is 2.32. The Morgan fingerprint density at radius 3 is 1.67 bits per heavy atom. The molecule has 0 aliphatic rings. The molecule has 0 N–H and O–H groups in total. The zero-order valence-corrected chi connectivity index (χ0v) is 26.5. The minimum atomic E-state index is 0.714. The van der Waals surface area contributed by atoms with Gasteiger partial charge >= 0.3 is 0 Å². The second kappa shape index (κ2) is 11.0. The molecule has 0 amide bonds. The fourth-order valence-electron chi connectivity index (χ4n) is 7.32. The van der Waals surface area contributed by atoms with Crippen LogP contribution in [-0.4, -0.2) is 19.5 Å². The number of fused-ring (bicyclic) bond motifs is 8. The van der Waals surface area contributed by atoms with Crippen LogP contribution in [0.15, 0.2) is 170 Å². The molecule has 10 rings (SSSR count). The van der Waals surface area contributed by atoms with E-state index in [2.05, 4.69) is 150 Å². The van der Waals surface area contributed by atoms with E-state index in [1.54, 1.807) is 0 Å². The first-order chi connectivity index (χ1) is 24.3. The van der Waals surface area contributed by atoms with Crippen LogP contribution in [-0.2, 0) is 0 Å². The number of aromatic nitrogens is 4. The largest absolute Gasteiger partial charge is 0.294 e. The van der Waals surface area contributed by atoms with Crippen molar-refractivity contribution in [1.82, 2.24) is 19.5 Å². The lowest BCUT2D eigenvalue weighted by Gasteiger charge is -2.12. The molecule has 0 aliphatic carbocycles. The van der Waals surface area contributed by atoms with Gasteiger partial charge in [0.1, 0.15) is 5.82 Å². The lowest BCUT2D eigenvalue weighted by molar-refractivity contribution is 1.08. The van der Waals surface area contributed by atoms with E-state index in [-0.39, 0.29) is 0 Å². The van der Waals surface area contributed by atoms with Crippen molar-refractivity contribution in [3.05, 3.63) is 170 Å². The average molecular weight is 625 g/mol. The van der Waals surface area contributed by atoms with Crippen molar-refractivity contribution < 1.29 is 0 Å². The molecule has 0 fully saturated rings. The number of pyridine rings is 1. The van der Waals surface area contributed by atoms with Crippen molar-refractivity contribution in [3.8, 4) is 39.7 Å². The summed E-state index contributed by atoms with van der Waals surface area (Å²) in [5.74, 6) is 1.59. The molecular formula is C45H28N4. The molecule has 0 unspecified atom stereocenters. The van der Waals surface area contributed by atoms with E-state index in [1.165, 1.54) is 32.3 Å². The maximum absolute atomic E-state index is 5.34. The summed E-state index contributed by atoms with van der Waals surface area (Å²) in [6.07, 6.45) is 0. The molecule has 4 nitrogen and oxygen atoms in total. The first-order valence-electron chi connectivity index (χ1n) is 16.5. The molecule has 228 valence electrons. The molecule has 3 aromatic heterocycles. The topological polar surface area (TPSA) is 43.6 Å². The Hall–Kier alpha value is -6.65. The molecule has 0 radical (unpaired) electrons. The van der Waals surface area contributed by atoms with Gasteiger partial charge in [0.2, 0.25) is 0 Å². The van der Waals surface area contributed by atoms with Gasteiger partial charge in [0.25, 0.3) is 0 Å². The lowest BCUT2D eigenvalue weighted by Crippen LogP contribution is -1.99. The van der Waals surface area contributed by atoms with Crippen molar-refractivity contribution in [2.24, 2.45) is 0 Å². The Labute approximate surface area is 282 Å². The average Bonchev–Trinajstić information content (AvgIpc) is 3.53. The van der Waals surface area contributed by atoms with Gasteiger partial charge in [0.05, 0.1) is 27.9 Å². The van der Waals surface area contributed by atoms with Gasteiger partial charge < -0.3 is 0 Å². The van der Waals surface area contributed by atoms with Gasteiger partial charge in [0, 0.05) is 32.8 Å². The van der Waals surface area contributed by atoms with Crippen LogP contribution in [0.4, 0.5) is 0 Å². The molecular weight excluding hydrogens is 597 g/mol. The number of nitrogens with zero attached hydrogens (tertiary/aromatic N) is 4. The normalized spacial score (nSPS) is 11.7. The van der Waals surface area contributed by atoms with Crippen molar-refractivity contribution in [3.63, 3.8) is 0 Å². The van der Waals surface area contributed by atoms with E-state index in [0.717, 1.165) is 55.8 Å². The van der Waals surface area contributed by atoms with Crippen molar-refractivity contribution in [2.75, 3.05) is 0 Å². The molecule has 7 aromatic carbocycles. The van der Waals surface area contributed by atoms with E-state index in [0.29, 0.717) is 5.82 Å². The zero-order valence-electron chi connectivity index (χ0n) is 26.5. The molecule has 0 aliphatic heterocycles. The van der Waals surface area contributed by atoms with Gasteiger partial charge in [-0.25, -0.2) is 15.0 Å². The predicted octanol–water partition coefficient (Wildman–Crippen LogP) is 11.4. The summed E-state index contributed by atoms with van der Waals surface area (Å²) in [5, 5.41) is 8.44. The van der Waals surface area contributed by atoms with Gasteiger partial charge in [-0.3, -0.25) is 4.57 Å². The second-order valence-corrected chi connectivity index (χ2v) is 12.4. The summed E-state index contributed by atoms with van der Waals surface area (Å²) in [5.41, 5.74) is 8.03. The SMILES string of the molecule is c1ccc(-c2nc(-c3ccccc3)c3cc(-c4cccc(-n5c6ccc7ccccc7c6c6c7ccccc7ccc65)n4)ccc3n2)cc1. The summed E-state index contributed by atoms with van der Waals surface area (Å²) in [7, 11) is 0. The minimum absolute atomic E-state index is 0.714. The van der Waals surface area contributed by atoms with Gasteiger partial charge in [-0.05, 0) is 57.9 Å². The third-order valence-corrected chi connectivity index (χ3v) is 9.58. The van der Waals surface area contributed by atoms with Crippen molar-refractivity contribution in [2.45, 2.75) is 0 Å². The van der Waals surface area contributed by atoms with E-state index in [9.17, 15) is 0 Å². The van der Waals surface area contributed by atoms with Crippen LogP contribution in [0.5, 0.6) is 0 Å². The van der Waals surface area contributed by atoms with Crippen LogP contribution < -0.4 is 0 Å². The minimum Gasteiger partial charge on any atom is -0.294 e. The highest BCUT2D eigenvalue weighted by Gasteiger charge is 2.19. The molecule has 10 aromatic rings. The van der Waals surface area contributed by atoms with E-state index in [4.69, 9.17) is 15.0 Å². The Morgan fingerprint density at radius 2 is 1.00 bits per heavy atom. The van der Waals surface area contributed by atoms with Crippen LogP contribution >= 0.6 is 0 Å². The van der Waals surface area contributed by atoms with Gasteiger partial charge in [-0.15, -0.1) is 0 Å². The summed E-state index contributed by atoms with van der Waals surface area (Å²) >= 11 is 0. The highest BCUT2D eigenvalue weighted by Crippen LogP contribution is 2.40. The highest BCUT2D eigenvalue weighted by molar-refractivity contribution is 6.28. The maximum atomic E-state index is 5.34. The summed E-state index contributed by atoms with van der Waals surface area (Å²) in [6.45, 7) is 0. The number of benzene rings is 7. The molecule has 0 saturated heterocycles. The molecule has 0 atom stereocenters. The molecule has 49 heavy (non-hydrogen) atoms. The lowest BCUT2D eigenvalue weighted by atomic mass is 10.00. The van der Waals surface area contributed by atoms with Crippen LogP contribution in [0.3, 0.4) is 0 Å². The van der Waals surface area contributed by atoms with E-state index >= 15 is 0 Å². The monoisotopic (exact) mass is 624 g/mol. The third-order valence-electron chi connectivity index (χ3n) is 9.58. The fourth-order valence-corrected chi connectivity index (χ4v) is 7.32. The summed E-state index contributed by atoms with van der Waals surface area (Å²) in [6, 6.07) is 59.5. The van der Waals surface area contributed by atoms with Crippen LogP contribution in [0.2, 0.25) is 0 Å². The molecule has 4 heteroatoms. The van der Waals surface area contributed by atoms with Crippen LogP contribution in [0, 0.1) is 0 Å². The smallest absolute Gasteiger partial charge is 0.160 e. The predicted molar refractivity (Wildman–Crippen MR) is 203 cm³/mol. The quantitative estimate of drug-likeness (QED) is 0.196. The van der Waals surface area contributed by atoms with E-state index < -0.39 is 0 Å². The maximum Gasteiger partial charge on any atom is 0.160 e. The number of hydrogen-bond donors (Lipinski definition) is 0. The van der Waals surface area contributed by atoms with Gasteiger partial charge in [0.15, 0.2) is 5.82 Å². The molecule has 0 bridgehead atoms. The van der Waals surface area contributed by atoms with E-state index in [1.807, 2.05) is 24.3 Å². The highest BCUT2D eigenvalue weighted by atomic mass is 15.1. The Morgan fingerprint density at radius 1 is 0.388 bits per heavy atom. The first-order valence-corrected chi connectivity index (χ1v) is 16.5.